The predicted molar refractivity (Wildman–Crippen MR) is 49.1 cm³/mol. The number of carbonyl (C=O) groups excluding carboxylic acids is 1. The average Bonchev–Trinajstić information content (AvgIpc) is 2.14. The zero-order chi connectivity index (χ0) is 9.94. The van der Waals surface area contributed by atoms with E-state index in [9.17, 15) is 4.79 Å². The van der Waals surface area contributed by atoms with Gasteiger partial charge in [-0.05, 0) is 12.0 Å². The third kappa shape index (κ3) is 8.69. The molecule has 74 valence electrons. The molecule has 13 heavy (non-hydrogen) atoms. The minimum atomic E-state index is -0.450. The fraction of sp³-hybridized carbons (Fsp3) is 0.875. The molecule has 0 aromatic rings. The van der Waals surface area contributed by atoms with Crippen LogP contribution in [0.2, 0.25) is 0 Å². The Hall–Kier alpha value is -1.22. The monoisotopic (exact) mass is 185 g/mol. The van der Waals surface area contributed by atoms with Crippen LogP contribution >= 0.6 is 0 Å². The maximum Gasteiger partial charge on any atom is 0.311 e. The van der Waals surface area contributed by atoms with Crippen LogP contribution in [0.4, 0.5) is 0 Å². The van der Waals surface area contributed by atoms with Crippen molar-refractivity contribution in [2.24, 2.45) is 5.11 Å². The molecule has 5 nitrogen and oxygen atoms in total. The molecule has 0 bridgehead atoms. The van der Waals surface area contributed by atoms with E-state index >= 15 is 0 Å². The number of hydrogen-bond donors (Lipinski definition) is 0. The standard InChI is InChI=1S/C8H15N3O2/c1-2-3-4-5-6-13-8(12)7-10-11-9/h2-7H2,1H3. The number of hydrogen-bond acceptors (Lipinski definition) is 3. The van der Waals surface area contributed by atoms with E-state index < -0.39 is 5.97 Å². The molecule has 0 N–H and O–H groups in total. The smallest absolute Gasteiger partial charge is 0.311 e. The molecular weight excluding hydrogens is 170 g/mol. The van der Waals surface area contributed by atoms with Gasteiger partial charge in [0, 0.05) is 4.91 Å². The molecule has 0 aliphatic rings. The molecule has 0 heterocycles. The van der Waals surface area contributed by atoms with Gasteiger partial charge in [0.15, 0.2) is 0 Å². The highest BCUT2D eigenvalue weighted by molar-refractivity contribution is 5.71. The molecule has 0 rings (SSSR count). The Balaban J connectivity index is 3.21. The van der Waals surface area contributed by atoms with Crippen molar-refractivity contribution in [1.29, 1.82) is 0 Å². The van der Waals surface area contributed by atoms with Crippen LogP contribution in [0.15, 0.2) is 5.11 Å². The Labute approximate surface area is 77.7 Å². The molecular formula is C8H15N3O2. The SMILES string of the molecule is CCCCCCOC(=O)CN=[N+]=[N-]. The summed E-state index contributed by atoms with van der Waals surface area (Å²) in [4.78, 5) is 13.2. The third-order valence-electron chi connectivity index (χ3n) is 1.52. The molecule has 0 aromatic heterocycles. The van der Waals surface area contributed by atoms with Crippen molar-refractivity contribution >= 4 is 5.97 Å². The fourth-order valence-corrected chi connectivity index (χ4v) is 0.850. The Bertz CT molecular complexity index is 188. The topological polar surface area (TPSA) is 75.1 Å². The lowest BCUT2D eigenvalue weighted by Crippen LogP contribution is -2.08. The summed E-state index contributed by atoms with van der Waals surface area (Å²) < 4.78 is 4.79. The second-order valence-electron chi connectivity index (χ2n) is 2.67. The molecule has 0 saturated heterocycles. The third-order valence-corrected chi connectivity index (χ3v) is 1.52. The predicted octanol–water partition coefficient (Wildman–Crippen LogP) is 2.42. The Morgan fingerprint density at radius 2 is 2.23 bits per heavy atom. The summed E-state index contributed by atoms with van der Waals surface area (Å²) in [6.07, 6.45) is 4.28. The molecule has 0 saturated carbocycles. The van der Waals surface area contributed by atoms with Crippen LogP contribution in [0, 0.1) is 0 Å². The molecule has 0 aromatic carbocycles. The molecule has 5 heteroatoms. The van der Waals surface area contributed by atoms with Crippen LogP contribution in [0.5, 0.6) is 0 Å². The lowest BCUT2D eigenvalue weighted by molar-refractivity contribution is -0.141. The molecule has 0 radical (unpaired) electrons. The van der Waals surface area contributed by atoms with Crippen molar-refractivity contribution in [3.63, 3.8) is 0 Å². The molecule has 0 amide bonds. The van der Waals surface area contributed by atoms with E-state index in [1.807, 2.05) is 0 Å². The van der Waals surface area contributed by atoms with Gasteiger partial charge in [0.25, 0.3) is 0 Å². The Morgan fingerprint density at radius 3 is 2.85 bits per heavy atom. The van der Waals surface area contributed by atoms with Gasteiger partial charge in [-0.1, -0.05) is 31.3 Å². The lowest BCUT2D eigenvalue weighted by atomic mass is 10.2. The van der Waals surface area contributed by atoms with E-state index in [1.54, 1.807) is 0 Å². The quantitative estimate of drug-likeness (QED) is 0.201. The number of azide groups is 1. The number of unbranched alkanes of at least 4 members (excludes halogenated alkanes) is 3. The van der Waals surface area contributed by atoms with Gasteiger partial charge in [-0.2, -0.15) is 0 Å². The summed E-state index contributed by atoms with van der Waals surface area (Å²) in [6.45, 7) is 2.34. The van der Waals surface area contributed by atoms with E-state index in [0.29, 0.717) is 6.61 Å². The molecule has 0 spiro atoms. The maximum absolute atomic E-state index is 10.7. The first-order valence-corrected chi connectivity index (χ1v) is 4.47. The summed E-state index contributed by atoms with van der Waals surface area (Å²) in [7, 11) is 0. The highest BCUT2D eigenvalue weighted by Crippen LogP contribution is 1.98. The number of rotatable bonds is 7. The minimum absolute atomic E-state index is 0.204. The zero-order valence-electron chi connectivity index (χ0n) is 7.90. The van der Waals surface area contributed by atoms with Crippen LogP contribution in [-0.4, -0.2) is 19.1 Å². The van der Waals surface area contributed by atoms with Crippen LogP contribution in [0.3, 0.4) is 0 Å². The molecule has 0 unspecified atom stereocenters. The van der Waals surface area contributed by atoms with E-state index in [2.05, 4.69) is 16.9 Å². The first-order chi connectivity index (χ1) is 6.31. The molecule has 0 fully saturated rings. The van der Waals surface area contributed by atoms with Crippen molar-refractivity contribution in [3.05, 3.63) is 10.4 Å². The highest BCUT2D eigenvalue weighted by Gasteiger charge is 1.98. The number of esters is 1. The first kappa shape index (κ1) is 11.8. The van der Waals surface area contributed by atoms with Crippen LogP contribution in [-0.2, 0) is 9.53 Å². The highest BCUT2D eigenvalue weighted by atomic mass is 16.5. The van der Waals surface area contributed by atoms with Gasteiger partial charge in [0.05, 0.1) is 6.61 Å². The van der Waals surface area contributed by atoms with Gasteiger partial charge >= 0.3 is 5.97 Å². The van der Waals surface area contributed by atoms with E-state index in [1.165, 1.54) is 0 Å². The van der Waals surface area contributed by atoms with Gasteiger partial charge in [0.2, 0.25) is 0 Å². The van der Waals surface area contributed by atoms with Crippen LogP contribution in [0.25, 0.3) is 10.4 Å². The summed E-state index contributed by atoms with van der Waals surface area (Å²) in [6, 6.07) is 0. The van der Waals surface area contributed by atoms with Crippen molar-refractivity contribution in [1.82, 2.24) is 0 Å². The fourth-order valence-electron chi connectivity index (χ4n) is 0.850. The lowest BCUT2D eigenvalue weighted by Gasteiger charge is -2.01. The number of nitrogens with zero attached hydrogens (tertiary/aromatic N) is 3. The Kier molecular flexibility index (Phi) is 8.04. The second-order valence-corrected chi connectivity index (χ2v) is 2.67. The van der Waals surface area contributed by atoms with Crippen molar-refractivity contribution in [3.8, 4) is 0 Å². The minimum Gasteiger partial charge on any atom is -0.466 e. The first-order valence-electron chi connectivity index (χ1n) is 4.47. The van der Waals surface area contributed by atoms with E-state index in [-0.39, 0.29) is 6.54 Å². The largest absolute Gasteiger partial charge is 0.466 e. The van der Waals surface area contributed by atoms with Crippen LogP contribution < -0.4 is 0 Å². The summed E-state index contributed by atoms with van der Waals surface area (Å²) in [5.41, 5.74) is 7.91. The van der Waals surface area contributed by atoms with Gasteiger partial charge in [-0.25, -0.2) is 0 Å². The van der Waals surface area contributed by atoms with E-state index in [4.69, 9.17) is 10.3 Å². The van der Waals surface area contributed by atoms with Crippen molar-refractivity contribution in [2.75, 3.05) is 13.2 Å². The van der Waals surface area contributed by atoms with Gasteiger partial charge in [0.1, 0.15) is 6.54 Å². The van der Waals surface area contributed by atoms with Crippen LogP contribution in [0.1, 0.15) is 32.6 Å². The van der Waals surface area contributed by atoms with Crippen molar-refractivity contribution in [2.45, 2.75) is 32.6 Å². The maximum atomic E-state index is 10.7. The summed E-state index contributed by atoms with van der Waals surface area (Å²) >= 11 is 0. The van der Waals surface area contributed by atoms with E-state index in [0.717, 1.165) is 25.7 Å². The molecule has 0 atom stereocenters. The van der Waals surface area contributed by atoms with Gasteiger partial charge in [-0.15, -0.1) is 0 Å². The zero-order valence-corrected chi connectivity index (χ0v) is 7.90. The van der Waals surface area contributed by atoms with Crippen molar-refractivity contribution < 1.29 is 9.53 Å². The van der Waals surface area contributed by atoms with Gasteiger partial charge in [-0.3, -0.25) is 4.79 Å². The Morgan fingerprint density at radius 1 is 1.46 bits per heavy atom. The normalized spacial score (nSPS) is 9.00. The average molecular weight is 185 g/mol. The number of carbonyl (C=O) groups is 1. The summed E-state index contributed by atoms with van der Waals surface area (Å²) in [5.74, 6) is -0.450. The van der Waals surface area contributed by atoms with Gasteiger partial charge < -0.3 is 4.74 Å². The molecule has 0 aliphatic carbocycles. The summed E-state index contributed by atoms with van der Waals surface area (Å²) in [5, 5.41) is 3.09. The second kappa shape index (κ2) is 8.87. The number of ether oxygens (including phenoxy) is 1. The molecule has 0 aliphatic heterocycles.